The zero-order chi connectivity index (χ0) is 25.2. The Hall–Kier alpha value is -3.16. The number of carbonyl (C=O) groups is 2. The Bertz CT molecular complexity index is 1310. The normalized spacial score (nSPS) is 23.3. The summed E-state index contributed by atoms with van der Waals surface area (Å²) in [5, 5.41) is 13.1. The fourth-order valence-electron chi connectivity index (χ4n) is 4.92. The molecule has 1 saturated heterocycles. The van der Waals surface area contributed by atoms with E-state index in [1.165, 1.54) is 24.2 Å². The first-order valence-corrected chi connectivity index (χ1v) is 13.3. The number of halogens is 1. The highest BCUT2D eigenvalue weighted by Crippen LogP contribution is 2.42. The van der Waals surface area contributed by atoms with Crippen LogP contribution in [0.4, 0.5) is 5.69 Å². The van der Waals surface area contributed by atoms with Crippen molar-refractivity contribution in [2.24, 2.45) is 5.92 Å². The van der Waals surface area contributed by atoms with Crippen molar-refractivity contribution in [3.8, 4) is 11.3 Å². The molecular formula is C28H27ClN2O4S. The van der Waals surface area contributed by atoms with Gasteiger partial charge in [0.25, 0.3) is 5.91 Å². The van der Waals surface area contributed by atoms with Gasteiger partial charge in [-0.05, 0) is 61.2 Å². The lowest BCUT2D eigenvalue weighted by molar-refractivity contribution is -0.129. The van der Waals surface area contributed by atoms with Crippen LogP contribution in [0.2, 0.25) is 5.02 Å². The van der Waals surface area contributed by atoms with E-state index in [9.17, 15) is 14.7 Å². The second-order valence-corrected chi connectivity index (χ2v) is 10.8. The van der Waals surface area contributed by atoms with Crippen LogP contribution < -0.4 is 5.32 Å². The third-order valence-corrected chi connectivity index (χ3v) is 8.25. The molecule has 3 atom stereocenters. The van der Waals surface area contributed by atoms with Crippen molar-refractivity contribution in [2.45, 2.75) is 44.1 Å². The molecule has 1 unspecified atom stereocenters. The highest BCUT2D eigenvalue weighted by atomic mass is 35.5. The molecule has 1 aliphatic carbocycles. The van der Waals surface area contributed by atoms with Gasteiger partial charge in [0, 0.05) is 23.4 Å². The summed E-state index contributed by atoms with van der Waals surface area (Å²) in [5.41, 5.74) is 1.38. The molecule has 5 rings (SSSR count). The van der Waals surface area contributed by atoms with E-state index in [1.807, 2.05) is 35.2 Å². The molecule has 2 fully saturated rings. The molecule has 1 amide bonds. The van der Waals surface area contributed by atoms with Crippen molar-refractivity contribution >= 4 is 47.0 Å². The molecule has 2 aromatic carbocycles. The number of amides is 1. The lowest BCUT2D eigenvalue weighted by Gasteiger charge is -2.39. The van der Waals surface area contributed by atoms with E-state index < -0.39 is 5.97 Å². The van der Waals surface area contributed by atoms with Crippen LogP contribution in [0, 0.1) is 5.92 Å². The molecule has 6 nitrogen and oxygen atoms in total. The molecule has 8 heteroatoms. The van der Waals surface area contributed by atoms with Gasteiger partial charge in [-0.3, -0.25) is 4.79 Å². The Labute approximate surface area is 219 Å². The van der Waals surface area contributed by atoms with Crippen LogP contribution in [0.15, 0.2) is 70.0 Å². The first-order chi connectivity index (χ1) is 17.4. The zero-order valence-electron chi connectivity index (χ0n) is 19.8. The second kappa shape index (κ2) is 10.4. The van der Waals surface area contributed by atoms with E-state index in [4.69, 9.17) is 16.0 Å². The number of carboxylic acid groups (broad SMARTS) is 1. The number of hydrogen-bond donors (Lipinski definition) is 2. The van der Waals surface area contributed by atoms with Crippen LogP contribution >= 0.6 is 23.4 Å². The summed E-state index contributed by atoms with van der Waals surface area (Å²) in [6.45, 7) is 2.24. The third kappa shape index (κ3) is 5.04. The SMILES string of the molecule is C[C@H]1CCCC[C@H]1N1C(=O)/C(=C/c2ccc(-c3ccc(Cl)c(C(=O)O)c3)o2)SC1Nc1ccccc1. The molecule has 2 heterocycles. The number of aromatic carboxylic acids is 1. The van der Waals surface area contributed by atoms with Gasteiger partial charge in [-0.1, -0.05) is 61.3 Å². The molecule has 1 aromatic heterocycles. The quantitative estimate of drug-likeness (QED) is 0.333. The molecule has 2 aliphatic rings. The maximum absolute atomic E-state index is 13.7. The van der Waals surface area contributed by atoms with Crippen molar-refractivity contribution in [3.63, 3.8) is 0 Å². The molecule has 36 heavy (non-hydrogen) atoms. The largest absolute Gasteiger partial charge is 0.478 e. The van der Waals surface area contributed by atoms with Crippen LogP contribution in [0.1, 0.15) is 48.7 Å². The van der Waals surface area contributed by atoms with Crippen LogP contribution in [0.3, 0.4) is 0 Å². The van der Waals surface area contributed by atoms with Gasteiger partial charge < -0.3 is 19.7 Å². The lowest BCUT2D eigenvalue weighted by atomic mass is 9.85. The van der Waals surface area contributed by atoms with E-state index in [-0.39, 0.29) is 28.0 Å². The van der Waals surface area contributed by atoms with Crippen LogP contribution in [0.5, 0.6) is 0 Å². The third-order valence-electron chi connectivity index (χ3n) is 6.81. The Morgan fingerprint density at radius 3 is 2.67 bits per heavy atom. The Morgan fingerprint density at radius 1 is 1.14 bits per heavy atom. The van der Waals surface area contributed by atoms with E-state index >= 15 is 0 Å². The molecule has 2 N–H and O–H groups in total. The Kier molecular flexibility index (Phi) is 7.12. The van der Waals surface area contributed by atoms with E-state index in [2.05, 4.69) is 12.2 Å². The molecule has 0 radical (unpaired) electrons. The predicted octanol–water partition coefficient (Wildman–Crippen LogP) is 7.19. The van der Waals surface area contributed by atoms with Crippen molar-refractivity contribution < 1.29 is 19.1 Å². The van der Waals surface area contributed by atoms with Gasteiger partial charge in [0.15, 0.2) is 5.50 Å². The fourth-order valence-corrected chi connectivity index (χ4v) is 6.31. The first-order valence-electron chi connectivity index (χ1n) is 12.1. The smallest absolute Gasteiger partial charge is 0.337 e. The minimum Gasteiger partial charge on any atom is -0.478 e. The van der Waals surface area contributed by atoms with Crippen molar-refractivity contribution in [1.82, 2.24) is 4.90 Å². The van der Waals surface area contributed by atoms with Crippen LogP contribution in [-0.2, 0) is 4.79 Å². The molecule has 1 aliphatic heterocycles. The summed E-state index contributed by atoms with van der Waals surface area (Å²) >= 11 is 7.50. The molecule has 3 aromatic rings. The number of hydrogen-bond acceptors (Lipinski definition) is 5. The van der Waals surface area contributed by atoms with Gasteiger partial charge in [-0.2, -0.15) is 0 Å². The molecular weight excluding hydrogens is 496 g/mol. The average Bonchev–Trinajstić information content (AvgIpc) is 3.45. The first kappa shape index (κ1) is 24.5. The van der Waals surface area contributed by atoms with Gasteiger partial charge in [-0.15, -0.1) is 0 Å². The highest BCUT2D eigenvalue weighted by molar-refractivity contribution is 8.05. The topological polar surface area (TPSA) is 82.8 Å². The summed E-state index contributed by atoms with van der Waals surface area (Å²) in [7, 11) is 0. The van der Waals surface area contributed by atoms with Gasteiger partial charge in [0.2, 0.25) is 0 Å². The number of carboxylic acids is 1. The highest BCUT2D eigenvalue weighted by Gasteiger charge is 2.43. The Morgan fingerprint density at radius 2 is 1.92 bits per heavy atom. The molecule has 186 valence electrons. The maximum atomic E-state index is 13.7. The number of rotatable bonds is 6. The van der Waals surface area contributed by atoms with Gasteiger partial charge >= 0.3 is 5.97 Å². The monoisotopic (exact) mass is 522 g/mol. The number of para-hydroxylation sites is 1. The number of furan rings is 1. The van der Waals surface area contributed by atoms with Gasteiger partial charge in [-0.25, -0.2) is 4.79 Å². The lowest BCUT2D eigenvalue weighted by Crippen LogP contribution is -2.48. The van der Waals surface area contributed by atoms with Crippen molar-refractivity contribution in [2.75, 3.05) is 5.32 Å². The van der Waals surface area contributed by atoms with Crippen molar-refractivity contribution in [3.05, 3.63) is 81.9 Å². The summed E-state index contributed by atoms with van der Waals surface area (Å²) in [6.07, 6.45) is 6.23. The van der Waals surface area contributed by atoms with Crippen molar-refractivity contribution in [1.29, 1.82) is 0 Å². The number of anilines is 1. The summed E-state index contributed by atoms with van der Waals surface area (Å²) in [4.78, 5) is 27.7. The van der Waals surface area contributed by atoms with Crippen LogP contribution in [-0.4, -0.2) is 33.4 Å². The Balaban J connectivity index is 1.43. The average molecular weight is 523 g/mol. The summed E-state index contributed by atoms with van der Waals surface area (Å²) in [6, 6.07) is 18.4. The predicted molar refractivity (Wildman–Crippen MR) is 144 cm³/mol. The maximum Gasteiger partial charge on any atom is 0.337 e. The fraction of sp³-hybridized carbons (Fsp3) is 0.286. The molecule has 0 bridgehead atoms. The number of thioether (sulfide) groups is 1. The number of nitrogens with one attached hydrogen (secondary N) is 1. The summed E-state index contributed by atoms with van der Waals surface area (Å²) < 4.78 is 5.99. The van der Waals surface area contributed by atoms with E-state index in [0.29, 0.717) is 27.9 Å². The standard InChI is InChI=1S/C28H27ClN2O4S/c1-17-7-5-6-10-23(17)31-26(32)25(36-28(31)30-19-8-3-2-4-9-19)16-20-12-14-24(35-20)18-11-13-22(29)21(15-18)27(33)34/h2-4,8-9,11-17,23,28,30H,5-7,10H2,1H3,(H,33,34)/b25-16-/t17-,23+,28?/m0/s1. The summed E-state index contributed by atoms with van der Waals surface area (Å²) in [5.74, 6) is 0.381. The second-order valence-electron chi connectivity index (χ2n) is 9.23. The number of benzene rings is 2. The van der Waals surface area contributed by atoms with E-state index in [1.54, 1.807) is 30.3 Å². The number of carbonyl (C=O) groups excluding carboxylic acids is 1. The van der Waals surface area contributed by atoms with Crippen LogP contribution in [0.25, 0.3) is 17.4 Å². The van der Waals surface area contributed by atoms with Gasteiger partial charge in [0.1, 0.15) is 11.5 Å². The molecule has 1 saturated carbocycles. The minimum atomic E-state index is -1.10. The zero-order valence-corrected chi connectivity index (χ0v) is 21.4. The minimum absolute atomic E-state index is 0.00443. The van der Waals surface area contributed by atoms with Gasteiger partial charge in [0.05, 0.1) is 15.5 Å². The molecule has 0 spiro atoms. The van der Waals surface area contributed by atoms with E-state index in [0.717, 1.165) is 24.9 Å². The number of nitrogens with zero attached hydrogens (tertiary/aromatic N) is 1.